The van der Waals surface area contributed by atoms with Crippen molar-refractivity contribution in [2.24, 2.45) is 0 Å². The van der Waals surface area contributed by atoms with Gasteiger partial charge in [-0.3, -0.25) is 14.2 Å². The van der Waals surface area contributed by atoms with Crippen molar-refractivity contribution in [3.8, 4) is 0 Å². The quantitative estimate of drug-likeness (QED) is 0.0283. The Balaban J connectivity index is 4.13. The molecular formula is C32H62NO8P. The zero-order valence-electron chi connectivity index (χ0n) is 27.4. The topological polar surface area (TPSA) is 111 Å². The Labute approximate surface area is 256 Å². The lowest BCUT2D eigenvalue weighted by Crippen LogP contribution is -2.37. The fraction of sp³-hybridized carbons (Fsp3) is 0.875. The van der Waals surface area contributed by atoms with E-state index < -0.39 is 32.5 Å². The number of unbranched alkanes of at least 4 members (excludes halogenated alkanes) is 13. The van der Waals surface area contributed by atoms with E-state index >= 15 is 0 Å². The van der Waals surface area contributed by atoms with Gasteiger partial charge < -0.3 is 27.9 Å². The van der Waals surface area contributed by atoms with Gasteiger partial charge in [-0.05, 0) is 38.5 Å². The zero-order valence-corrected chi connectivity index (χ0v) is 28.3. The summed E-state index contributed by atoms with van der Waals surface area (Å²) in [6.07, 6.45) is 22.6. The van der Waals surface area contributed by atoms with Crippen molar-refractivity contribution >= 4 is 19.8 Å². The summed E-state index contributed by atoms with van der Waals surface area (Å²) in [6, 6.07) is 0. The first-order valence-corrected chi connectivity index (χ1v) is 17.9. The molecule has 0 N–H and O–H groups in total. The second kappa shape index (κ2) is 26.2. The normalized spacial score (nSPS) is 14.1. The number of quaternary nitrogens is 1. The van der Waals surface area contributed by atoms with Crippen molar-refractivity contribution in [1.29, 1.82) is 0 Å². The third-order valence-corrected chi connectivity index (χ3v) is 7.72. The maximum Gasteiger partial charge on any atom is 0.306 e. The van der Waals surface area contributed by atoms with E-state index in [0.29, 0.717) is 23.9 Å². The van der Waals surface area contributed by atoms with Gasteiger partial charge in [-0.1, -0.05) is 90.2 Å². The first-order valence-electron chi connectivity index (χ1n) is 16.4. The molecule has 0 fully saturated rings. The van der Waals surface area contributed by atoms with Gasteiger partial charge in [-0.25, -0.2) is 0 Å². The van der Waals surface area contributed by atoms with Gasteiger partial charge in [0.1, 0.15) is 19.8 Å². The molecule has 0 aromatic carbocycles. The molecule has 0 spiro atoms. The highest BCUT2D eigenvalue weighted by atomic mass is 31.2. The molecule has 0 saturated carbocycles. The van der Waals surface area contributed by atoms with E-state index in [-0.39, 0.29) is 26.1 Å². The van der Waals surface area contributed by atoms with Crippen molar-refractivity contribution in [3.63, 3.8) is 0 Å². The van der Waals surface area contributed by atoms with Gasteiger partial charge in [0, 0.05) is 12.8 Å². The Morgan fingerprint density at radius 2 is 1.26 bits per heavy atom. The van der Waals surface area contributed by atoms with Crippen molar-refractivity contribution in [2.45, 2.75) is 136 Å². The lowest BCUT2D eigenvalue weighted by molar-refractivity contribution is -0.870. The molecular weight excluding hydrogens is 557 g/mol. The highest BCUT2D eigenvalue weighted by Crippen LogP contribution is 2.38. The summed E-state index contributed by atoms with van der Waals surface area (Å²) in [7, 11) is 1.16. The minimum absolute atomic E-state index is 0.0312. The molecule has 0 aromatic rings. The number of ether oxygens (including phenoxy) is 2. The molecule has 9 nitrogen and oxygen atoms in total. The van der Waals surface area contributed by atoms with Crippen LogP contribution in [0.2, 0.25) is 0 Å². The summed E-state index contributed by atoms with van der Waals surface area (Å²) in [5.74, 6) is -0.901. The molecule has 0 aromatic heterocycles. The molecule has 10 heteroatoms. The number of phosphoric acid groups is 1. The van der Waals surface area contributed by atoms with Crippen LogP contribution in [0, 0.1) is 0 Å². The van der Waals surface area contributed by atoms with Gasteiger partial charge >= 0.3 is 11.9 Å². The second-order valence-corrected chi connectivity index (χ2v) is 13.6. The smallest absolute Gasteiger partial charge is 0.306 e. The van der Waals surface area contributed by atoms with E-state index in [4.69, 9.17) is 18.5 Å². The summed E-state index contributed by atoms with van der Waals surface area (Å²) in [5.41, 5.74) is 0. The highest BCUT2D eigenvalue weighted by molar-refractivity contribution is 7.45. The molecule has 0 aliphatic rings. The number of carbonyl (C=O) groups is 2. The SMILES string of the molecule is CCCCCCCC/C=C\CCCCCCCCCC(=O)OC(COC(=O)CCC)COP(=O)([O-])OCC[N+](C)(C)C. The maximum absolute atomic E-state index is 12.4. The average Bonchev–Trinajstić information content (AvgIpc) is 2.91. The summed E-state index contributed by atoms with van der Waals surface area (Å²) in [4.78, 5) is 36.3. The second-order valence-electron chi connectivity index (χ2n) is 12.2. The first-order chi connectivity index (χ1) is 20.0. The van der Waals surface area contributed by atoms with Crippen LogP contribution in [0.4, 0.5) is 0 Å². The van der Waals surface area contributed by atoms with Gasteiger partial charge in [0.15, 0.2) is 6.10 Å². The summed E-state index contributed by atoms with van der Waals surface area (Å²) >= 11 is 0. The number of likely N-dealkylation sites (N-methyl/N-ethyl adjacent to an activating group) is 1. The molecule has 2 atom stereocenters. The lowest BCUT2D eigenvalue weighted by atomic mass is 10.1. The molecule has 0 aliphatic heterocycles. The predicted octanol–water partition coefficient (Wildman–Crippen LogP) is 7.27. The Kier molecular flexibility index (Phi) is 25.4. The Hall–Kier alpha value is -1.25. The molecule has 42 heavy (non-hydrogen) atoms. The minimum Gasteiger partial charge on any atom is -0.756 e. The van der Waals surface area contributed by atoms with Crippen LogP contribution in [0.5, 0.6) is 0 Å². The monoisotopic (exact) mass is 619 g/mol. The fourth-order valence-electron chi connectivity index (χ4n) is 4.15. The number of hydrogen-bond acceptors (Lipinski definition) is 8. The number of carbonyl (C=O) groups excluding carboxylic acids is 2. The number of phosphoric ester groups is 1. The van der Waals surface area contributed by atoms with E-state index in [1.807, 2.05) is 28.1 Å². The van der Waals surface area contributed by atoms with Crippen LogP contribution in [0.15, 0.2) is 12.2 Å². The summed E-state index contributed by atoms with van der Waals surface area (Å²) in [6.45, 7) is 3.80. The van der Waals surface area contributed by atoms with E-state index in [0.717, 1.165) is 25.7 Å². The lowest BCUT2D eigenvalue weighted by Gasteiger charge is -2.28. The summed E-state index contributed by atoms with van der Waals surface area (Å²) in [5, 5.41) is 0. The van der Waals surface area contributed by atoms with Crippen LogP contribution in [-0.2, 0) is 32.7 Å². The van der Waals surface area contributed by atoms with Crippen LogP contribution in [-0.4, -0.2) is 70.0 Å². The highest BCUT2D eigenvalue weighted by Gasteiger charge is 2.21. The van der Waals surface area contributed by atoms with Gasteiger partial charge in [0.2, 0.25) is 0 Å². The van der Waals surface area contributed by atoms with Crippen LogP contribution in [0.1, 0.15) is 129 Å². The predicted molar refractivity (Wildman–Crippen MR) is 167 cm³/mol. The van der Waals surface area contributed by atoms with Gasteiger partial charge in [-0.2, -0.15) is 0 Å². The standard InChI is InChI=1S/C32H62NO8P/c1-6-8-9-10-11-12-13-14-15-16-17-18-19-20-21-22-23-25-32(35)41-30(28-38-31(34)24-7-2)29-40-42(36,37)39-27-26-33(3,4)5/h14-15,30H,6-13,16-29H2,1-5H3/b15-14-. The van der Waals surface area contributed by atoms with Crippen LogP contribution in [0.3, 0.4) is 0 Å². The van der Waals surface area contributed by atoms with E-state index in [9.17, 15) is 19.0 Å². The number of hydrogen-bond donors (Lipinski definition) is 0. The molecule has 2 unspecified atom stereocenters. The Morgan fingerprint density at radius 3 is 1.81 bits per heavy atom. The van der Waals surface area contributed by atoms with Crippen LogP contribution >= 0.6 is 7.82 Å². The van der Waals surface area contributed by atoms with Crippen LogP contribution < -0.4 is 4.89 Å². The third kappa shape index (κ3) is 28.9. The molecule has 0 bridgehead atoms. The largest absolute Gasteiger partial charge is 0.756 e. The first kappa shape index (κ1) is 40.8. The number of allylic oxidation sites excluding steroid dienone is 2. The molecule has 0 radical (unpaired) electrons. The van der Waals surface area contributed by atoms with Crippen molar-refractivity contribution < 1.29 is 42.1 Å². The molecule has 0 saturated heterocycles. The fourth-order valence-corrected chi connectivity index (χ4v) is 4.88. The number of nitrogens with zero attached hydrogens (tertiary/aromatic N) is 1. The summed E-state index contributed by atoms with van der Waals surface area (Å²) < 4.78 is 33.0. The van der Waals surface area contributed by atoms with Gasteiger partial charge in [-0.15, -0.1) is 0 Å². The average molecular weight is 620 g/mol. The molecule has 0 amide bonds. The van der Waals surface area contributed by atoms with Gasteiger partial charge in [0.25, 0.3) is 7.82 Å². The van der Waals surface area contributed by atoms with E-state index in [2.05, 4.69) is 19.1 Å². The minimum atomic E-state index is -4.59. The van der Waals surface area contributed by atoms with Gasteiger partial charge in [0.05, 0.1) is 27.7 Å². The Bertz CT molecular complexity index is 753. The van der Waals surface area contributed by atoms with Crippen molar-refractivity contribution in [1.82, 2.24) is 0 Å². The van der Waals surface area contributed by atoms with E-state index in [1.54, 1.807) is 0 Å². The zero-order chi connectivity index (χ0) is 31.5. The van der Waals surface area contributed by atoms with Crippen molar-refractivity contribution in [2.75, 3.05) is 47.5 Å². The van der Waals surface area contributed by atoms with Crippen LogP contribution in [0.25, 0.3) is 0 Å². The molecule has 0 aliphatic carbocycles. The van der Waals surface area contributed by atoms with Crippen molar-refractivity contribution in [3.05, 3.63) is 12.2 Å². The van der Waals surface area contributed by atoms with E-state index in [1.165, 1.54) is 64.2 Å². The molecule has 248 valence electrons. The number of rotatable bonds is 29. The number of esters is 2. The third-order valence-electron chi connectivity index (χ3n) is 6.76. The maximum atomic E-state index is 12.4. The molecule has 0 rings (SSSR count). The molecule has 0 heterocycles. The Morgan fingerprint density at radius 1 is 0.714 bits per heavy atom.